The van der Waals surface area contributed by atoms with Crippen molar-refractivity contribution in [2.75, 3.05) is 57.3 Å². The number of hydrogen-bond donors (Lipinski definition) is 0. The molecule has 0 atom stereocenters. The lowest BCUT2D eigenvalue weighted by Gasteiger charge is -2.28. The molecule has 31 heavy (non-hydrogen) atoms. The van der Waals surface area contributed by atoms with Crippen LogP contribution in [0.3, 0.4) is 0 Å². The molecule has 3 rings (SSSR count). The second kappa shape index (κ2) is 10.8. The molecular weight excluding hydrogens is 461 g/mol. The molecule has 2 amide bonds. The number of hydrogen-bond acceptors (Lipinski definition) is 5. The van der Waals surface area contributed by atoms with E-state index >= 15 is 0 Å². The Bertz CT molecular complexity index is 938. The third kappa shape index (κ3) is 7.20. The second-order valence-corrected chi connectivity index (χ2v) is 10.9. The van der Waals surface area contributed by atoms with Gasteiger partial charge in [0.25, 0.3) is 0 Å². The van der Waals surface area contributed by atoms with Crippen LogP contribution in [0.2, 0.25) is 10.0 Å². The summed E-state index contributed by atoms with van der Waals surface area (Å²) in [6.45, 7) is 3.88. The van der Waals surface area contributed by atoms with E-state index in [0.717, 1.165) is 18.5 Å². The molecule has 0 radical (unpaired) electrons. The van der Waals surface area contributed by atoms with Crippen LogP contribution in [0.15, 0.2) is 24.3 Å². The van der Waals surface area contributed by atoms with Gasteiger partial charge in [-0.15, -0.1) is 0 Å². The lowest BCUT2D eigenvalue weighted by molar-refractivity contribution is -0.130. The van der Waals surface area contributed by atoms with Crippen molar-refractivity contribution in [2.45, 2.75) is 12.8 Å². The maximum absolute atomic E-state index is 12.6. The van der Waals surface area contributed by atoms with E-state index in [9.17, 15) is 18.0 Å². The summed E-state index contributed by atoms with van der Waals surface area (Å²) in [6, 6.07) is 5.15. The Balaban J connectivity index is 1.45. The predicted molar refractivity (Wildman–Crippen MR) is 123 cm³/mol. The third-order valence-corrected chi connectivity index (χ3v) is 7.95. The van der Waals surface area contributed by atoms with E-state index in [4.69, 9.17) is 23.2 Å². The fraction of sp³-hybridized carbons (Fsp3) is 0.524. The van der Waals surface area contributed by atoms with Crippen LogP contribution in [0, 0.1) is 0 Å². The van der Waals surface area contributed by atoms with Gasteiger partial charge in [0.05, 0.1) is 21.6 Å². The highest BCUT2D eigenvalue weighted by Crippen LogP contribution is 2.23. The Morgan fingerprint density at radius 3 is 2.45 bits per heavy atom. The van der Waals surface area contributed by atoms with Crippen LogP contribution >= 0.6 is 23.2 Å². The van der Waals surface area contributed by atoms with Crippen molar-refractivity contribution < 1.29 is 18.0 Å². The molecule has 0 N–H and O–H groups in total. The van der Waals surface area contributed by atoms with Gasteiger partial charge in [-0.2, -0.15) is 0 Å². The first kappa shape index (κ1) is 24.0. The van der Waals surface area contributed by atoms with E-state index in [1.54, 1.807) is 34.1 Å². The van der Waals surface area contributed by atoms with Crippen molar-refractivity contribution in [3.63, 3.8) is 0 Å². The average molecular weight is 488 g/mol. The van der Waals surface area contributed by atoms with Gasteiger partial charge in [0.1, 0.15) is 0 Å². The zero-order chi connectivity index (χ0) is 22.4. The predicted octanol–water partition coefficient (Wildman–Crippen LogP) is 2.19. The third-order valence-electron chi connectivity index (χ3n) is 5.60. The highest BCUT2D eigenvalue weighted by Gasteiger charge is 2.24. The van der Waals surface area contributed by atoms with Crippen LogP contribution in [-0.2, 0) is 19.4 Å². The molecule has 0 saturated carbocycles. The minimum absolute atomic E-state index is 0.0463. The van der Waals surface area contributed by atoms with E-state index in [2.05, 4.69) is 4.90 Å². The van der Waals surface area contributed by atoms with Crippen LogP contribution in [0.4, 0.5) is 0 Å². The SMILES string of the molecule is O=C(C=Cc1ccc(Cl)c(Cl)c1)N1CCC(=O)N(CCCN2CCS(=O)(=O)CC2)CC1. The highest BCUT2D eigenvalue weighted by atomic mass is 35.5. The van der Waals surface area contributed by atoms with E-state index < -0.39 is 9.84 Å². The van der Waals surface area contributed by atoms with Crippen molar-refractivity contribution >= 4 is 50.9 Å². The molecule has 2 heterocycles. The van der Waals surface area contributed by atoms with Crippen molar-refractivity contribution in [1.82, 2.24) is 14.7 Å². The summed E-state index contributed by atoms with van der Waals surface area (Å²) in [7, 11) is -2.88. The normalized spacial score (nSPS) is 20.3. The van der Waals surface area contributed by atoms with Gasteiger partial charge < -0.3 is 14.7 Å². The molecule has 2 saturated heterocycles. The molecule has 2 aliphatic heterocycles. The van der Waals surface area contributed by atoms with Crippen LogP contribution in [0.25, 0.3) is 6.08 Å². The lowest BCUT2D eigenvalue weighted by Crippen LogP contribution is -2.42. The molecule has 0 aromatic heterocycles. The molecule has 0 aliphatic carbocycles. The first-order valence-corrected chi connectivity index (χ1v) is 12.9. The van der Waals surface area contributed by atoms with Gasteiger partial charge in [0, 0.05) is 51.8 Å². The maximum atomic E-state index is 12.6. The van der Waals surface area contributed by atoms with Crippen molar-refractivity contribution in [1.29, 1.82) is 0 Å². The summed E-state index contributed by atoms with van der Waals surface area (Å²) in [5, 5.41) is 0.889. The highest BCUT2D eigenvalue weighted by molar-refractivity contribution is 7.91. The van der Waals surface area contributed by atoms with Gasteiger partial charge in [-0.3, -0.25) is 9.59 Å². The monoisotopic (exact) mass is 487 g/mol. The first-order chi connectivity index (χ1) is 14.7. The Morgan fingerprint density at radius 1 is 1.00 bits per heavy atom. The summed E-state index contributed by atoms with van der Waals surface area (Å²) in [4.78, 5) is 30.6. The topological polar surface area (TPSA) is 78.0 Å². The number of rotatable bonds is 6. The summed E-state index contributed by atoms with van der Waals surface area (Å²) < 4.78 is 23.0. The molecule has 10 heteroatoms. The Kier molecular flexibility index (Phi) is 8.38. The molecular formula is C21H27Cl2N3O4S. The van der Waals surface area contributed by atoms with Gasteiger partial charge in [-0.05, 0) is 36.7 Å². The van der Waals surface area contributed by atoms with Crippen LogP contribution in [-0.4, -0.2) is 92.3 Å². The summed E-state index contributed by atoms with van der Waals surface area (Å²) in [5.74, 6) is 0.325. The Labute approximate surface area is 193 Å². The van der Waals surface area contributed by atoms with Gasteiger partial charge in [-0.25, -0.2) is 8.42 Å². The fourth-order valence-corrected chi connectivity index (χ4v) is 5.25. The molecule has 0 unspecified atom stereocenters. The zero-order valence-corrected chi connectivity index (χ0v) is 19.6. The molecule has 0 bridgehead atoms. The van der Waals surface area contributed by atoms with Crippen molar-refractivity contribution in [2.24, 2.45) is 0 Å². The first-order valence-electron chi connectivity index (χ1n) is 10.4. The van der Waals surface area contributed by atoms with Crippen LogP contribution < -0.4 is 0 Å². The molecule has 0 spiro atoms. The molecule has 2 aliphatic rings. The average Bonchev–Trinajstić information content (AvgIpc) is 2.92. The van der Waals surface area contributed by atoms with Gasteiger partial charge in [0.15, 0.2) is 9.84 Å². The zero-order valence-electron chi connectivity index (χ0n) is 17.3. The number of nitrogens with zero attached hydrogens (tertiary/aromatic N) is 3. The van der Waals surface area contributed by atoms with Gasteiger partial charge >= 0.3 is 0 Å². The van der Waals surface area contributed by atoms with Gasteiger partial charge in [-0.1, -0.05) is 29.3 Å². The molecule has 2 fully saturated rings. The van der Waals surface area contributed by atoms with E-state index in [1.165, 1.54) is 6.08 Å². The fourth-order valence-electron chi connectivity index (χ4n) is 3.67. The van der Waals surface area contributed by atoms with E-state index in [0.29, 0.717) is 55.7 Å². The Hall–Kier alpha value is -1.61. The Morgan fingerprint density at radius 2 is 1.74 bits per heavy atom. The largest absolute Gasteiger partial charge is 0.341 e. The minimum Gasteiger partial charge on any atom is -0.341 e. The van der Waals surface area contributed by atoms with Crippen molar-refractivity contribution in [3.8, 4) is 0 Å². The van der Waals surface area contributed by atoms with E-state index in [-0.39, 0.29) is 23.3 Å². The second-order valence-electron chi connectivity index (χ2n) is 7.81. The minimum atomic E-state index is -2.88. The number of carbonyl (C=O) groups excluding carboxylic acids is 2. The molecule has 170 valence electrons. The van der Waals surface area contributed by atoms with Crippen LogP contribution in [0.1, 0.15) is 18.4 Å². The summed E-state index contributed by atoms with van der Waals surface area (Å²) in [6.07, 6.45) is 4.27. The maximum Gasteiger partial charge on any atom is 0.246 e. The number of sulfone groups is 1. The smallest absolute Gasteiger partial charge is 0.246 e. The van der Waals surface area contributed by atoms with Crippen molar-refractivity contribution in [3.05, 3.63) is 39.9 Å². The molecule has 1 aromatic rings. The summed E-state index contributed by atoms with van der Waals surface area (Å²) >= 11 is 11.9. The number of carbonyl (C=O) groups is 2. The lowest BCUT2D eigenvalue weighted by atomic mass is 10.2. The van der Waals surface area contributed by atoms with E-state index in [1.807, 2.05) is 0 Å². The summed E-state index contributed by atoms with van der Waals surface area (Å²) in [5.41, 5.74) is 0.779. The molecule has 7 nitrogen and oxygen atoms in total. The quantitative estimate of drug-likeness (QED) is 0.574. The van der Waals surface area contributed by atoms with Crippen LogP contribution in [0.5, 0.6) is 0 Å². The molecule has 1 aromatic carbocycles. The van der Waals surface area contributed by atoms with Gasteiger partial charge in [0.2, 0.25) is 11.8 Å². The standard InChI is InChI=1S/C21H27Cl2N3O4S/c22-18-4-2-17(16-19(18)23)3-5-20(27)26-9-6-21(28)25(10-11-26)8-1-7-24-12-14-31(29,30)15-13-24/h2-5,16H,1,6-15H2. The number of halogens is 2. The number of benzene rings is 1. The number of amides is 2.